The first-order valence-electron chi connectivity index (χ1n) is 9.94. The van der Waals surface area contributed by atoms with E-state index < -0.39 is 6.10 Å². The molecule has 3 N–H and O–H groups in total. The van der Waals surface area contributed by atoms with Crippen LogP contribution in [0.15, 0.2) is 29.5 Å². The predicted octanol–water partition coefficient (Wildman–Crippen LogP) is 2.32. The number of halogens is 1. The number of rotatable bonds is 7. The molecule has 10 heteroatoms. The number of hydrogen-bond acceptors (Lipinski definition) is 6. The number of aliphatic hydroxyl groups excluding tert-OH is 1. The van der Waals surface area contributed by atoms with Crippen molar-refractivity contribution in [3.63, 3.8) is 0 Å². The number of aliphatic hydroxyl groups is 1. The summed E-state index contributed by atoms with van der Waals surface area (Å²) < 4.78 is 10.6. The Labute approximate surface area is 194 Å². The number of nitrogens with zero attached hydrogens (tertiary/aromatic N) is 4. The van der Waals surface area contributed by atoms with E-state index in [-0.39, 0.29) is 30.5 Å². The Balaban J connectivity index is 0.00000320. The van der Waals surface area contributed by atoms with Gasteiger partial charge in [0.05, 0.1) is 20.8 Å². The second-order valence-electron chi connectivity index (χ2n) is 6.95. The molecule has 0 spiro atoms. The van der Waals surface area contributed by atoms with Gasteiger partial charge in [-0.25, -0.2) is 4.98 Å². The zero-order chi connectivity index (χ0) is 20.6. The van der Waals surface area contributed by atoms with E-state index >= 15 is 0 Å². The highest BCUT2D eigenvalue weighted by Gasteiger charge is 2.24. The number of likely N-dealkylation sites (tertiary alicyclic amines) is 1. The molecule has 1 aromatic carbocycles. The van der Waals surface area contributed by atoms with E-state index in [2.05, 4.69) is 30.4 Å². The van der Waals surface area contributed by atoms with Crippen molar-refractivity contribution in [2.75, 3.05) is 40.4 Å². The van der Waals surface area contributed by atoms with Crippen LogP contribution in [0.1, 0.15) is 43.2 Å². The molecular formula is C20H31IN6O3. The summed E-state index contributed by atoms with van der Waals surface area (Å²) in [6.07, 6.45) is 2.72. The number of nitrogens with one attached hydrogen (secondary N) is 2. The lowest BCUT2D eigenvalue weighted by Crippen LogP contribution is -2.45. The van der Waals surface area contributed by atoms with Crippen molar-refractivity contribution in [1.82, 2.24) is 25.4 Å². The minimum atomic E-state index is -0.791. The molecule has 1 saturated heterocycles. The Morgan fingerprint density at radius 2 is 2.10 bits per heavy atom. The molecule has 1 atom stereocenters. The Morgan fingerprint density at radius 3 is 2.70 bits per heavy atom. The first-order chi connectivity index (χ1) is 14.2. The van der Waals surface area contributed by atoms with Crippen molar-refractivity contribution in [1.29, 1.82) is 0 Å². The fourth-order valence-electron chi connectivity index (χ4n) is 3.57. The molecule has 0 amide bonds. The lowest BCUT2D eigenvalue weighted by atomic mass is 9.96. The van der Waals surface area contributed by atoms with Crippen molar-refractivity contribution >= 4 is 29.9 Å². The molecule has 3 rings (SSSR count). The first kappa shape index (κ1) is 24.2. The van der Waals surface area contributed by atoms with Crippen molar-refractivity contribution < 1.29 is 14.6 Å². The van der Waals surface area contributed by atoms with Gasteiger partial charge in [0.25, 0.3) is 0 Å². The lowest BCUT2D eigenvalue weighted by Gasteiger charge is -2.33. The average Bonchev–Trinajstić information content (AvgIpc) is 3.31. The summed E-state index contributed by atoms with van der Waals surface area (Å²) in [5.74, 6) is 3.44. The van der Waals surface area contributed by atoms with Gasteiger partial charge in [0.2, 0.25) is 0 Å². The molecule has 0 radical (unpaired) electrons. The van der Waals surface area contributed by atoms with E-state index in [0.717, 1.165) is 44.3 Å². The van der Waals surface area contributed by atoms with Gasteiger partial charge in [-0.1, -0.05) is 0 Å². The molecule has 1 aromatic heterocycles. The summed E-state index contributed by atoms with van der Waals surface area (Å²) in [5.41, 5.74) is 0.662. The number of aromatic amines is 1. The standard InChI is InChI=1S/C20H30N6O3.HI/c1-4-21-20(26-9-7-14(8-10-26)19-23-13-24-25-19)22-12-17(27)16-11-15(28-2)5-6-18(16)29-3;/h5-6,11,13-14,17,27H,4,7-10,12H2,1-3H3,(H,21,22)(H,23,24,25);1H. The number of benzene rings is 1. The molecule has 0 bridgehead atoms. The maximum atomic E-state index is 10.7. The van der Waals surface area contributed by atoms with Crippen LogP contribution in [0.3, 0.4) is 0 Å². The van der Waals surface area contributed by atoms with Crippen molar-refractivity contribution in [2.24, 2.45) is 4.99 Å². The lowest BCUT2D eigenvalue weighted by molar-refractivity contribution is 0.181. The third kappa shape index (κ3) is 5.97. The number of aromatic nitrogens is 3. The van der Waals surface area contributed by atoms with E-state index in [4.69, 9.17) is 9.47 Å². The smallest absolute Gasteiger partial charge is 0.194 e. The molecule has 30 heavy (non-hydrogen) atoms. The van der Waals surface area contributed by atoms with Gasteiger partial charge in [0, 0.05) is 31.1 Å². The van der Waals surface area contributed by atoms with Crippen LogP contribution in [0.2, 0.25) is 0 Å². The number of ether oxygens (including phenoxy) is 2. The molecule has 9 nitrogen and oxygen atoms in total. The predicted molar refractivity (Wildman–Crippen MR) is 126 cm³/mol. The SMILES string of the molecule is CCNC(=NCC(O)c1cc(OC)ccc1OC)N1CCC(c2ncn[nH]2)CC1.I. The Morgan fingerprint density at radius 1 is 1.33 bits per heavy atom. The number of aliphatic imine (C=N–C) groups is 1. The summed E-state index contributed by atoms with van der Waals surface area (Å²) in [4.78, 5) is 11.2. The van der Waals surface area contributed by atoms with E-state index in [1.807, 2.05) is 6.92 Å². The zero-order valence-corrected chi connectivity index (χ0v) is 20.0. The van der Waals surface area contributed by atoms with Gasteiger partial charge in [-0.2, -0.15) is 5.10 Å². The van der Waals surface area contributed by atoms with Crippen LogP contribution in [0.25, 0.3) is 0 Å². The maximum absolute atomic E-state index is 10.7. The molecule has 1 aliphatic rings. The van der Waals surface area contributed by atoms with Crippen LogP contribution in [0.5, 0.6) is 11.5 Å². The van der Waals surface area contributed by atoms with Crippen LogP contribution in [-0.2, 0) is 0 Å². The number of piperidine rings is 1. The van der Waals surface area contributed by atoms with Crippen molar-refractivity contribution in [3.8, 4) is 11.5 Å². The van der Waals surface area contributed by atoms with E-state index in [0.29, 0.717) is 23.0 Å². The summed E-state index contributed by atoms with van der Waals surface area (Å²) in [5, 5.41) is 21.0. The topological polar surface area (TPSA) is 108 Å². The highest BCUT2D eigenvalue weighted by molar-refractivity contribution is 14.0. The fourth-order valence-corrected chi connectivity index (χ4v) is 3.57. The third-order valence-electron chi connectivity index (χ3n) is 5.16. The molecule has 1 aliphatic heterocycles. The second-order valence-corrected chi connectivity index (χ2v) is 6.95. The van der Waals surface area contributed by atoms with Gasteiger partial charge in [-0.15, -0.1) is 24.0 Å². The molecule has 0 aliphatic carbocycles. The monoisotopic (exact) mass is 530 g/mol. The van der Waals surface area contributed by atoms with Crippen LogP contribution >= 0.6 is 24.0 Å². The zero-order valence-electron chi connectivity index (χ0n) is 17.7. The minimum Gasteiger partial charge on any atom is -0.497 e. The van der Waals surface area contributed by atoms with Crippen molar-refractivity contribution in [2.45, 2.75) is 31.8 Å². The molecule has 1 fully saturated rings. The summed E-state index contributed by atoms with van der Waals surface area (Å²) in [6.45, 7) is 4.77. The molecule has 2 aromatic rings. The average molecular weight is 530 g/mol. The second kappa shape index (κ2) is 11.9. The number of guanidine groups is 1. The van der Waals surface area contributed by atoms with Gasteiger partial charge >= 0.3 is 0 Å². The minimum absolute atomic E-state index is 0. The maximum Gasteiger partial charge on any atom is 0.194 e. The van der Waals surface area contributed by atoms with Gasteiger partial charge in [0.15, 0.2) is 5.96 Å². The van der Waals surface area contributed by atoms with E-state index in [1.165, 1.54) is 0 Å². The van der Waals surface area contributed by atoms with Gasteiger partial charge in [-0.05, 0) is 38.0 Å². The highest BCUT2D eigenvalue weighted by Crippen LogP contribution is 2.30. The quantitative estimate of drug-likeness (QED) is 0.287. The molecule has 166 valence electrons. The molecular weight excluding hydrogens is 499 g/mol. The van der Waals surface area contributed by atoms with Crippen LogP contribution in [0, 0.1) is 0 Å². The summed E-state index contributed by atoms with van der Waals surface area (Å²) in [6, 6.07) is 5.39. The largest absolute Gasteiger partial charge is 0.497 e. The number of hydrogen-bond donors (Lipinski definition) is 3. The van der Waals surface area contributed by atoms with Gasteiger partial charge in [-0.3, -0.25) is 10.1 Å². The Bertz CT molecular complexity index is 794. The van der Waals surface area contributed by atoms with Crippen LogP contribution < -0.4 is 14.8 Å². The fraction of sp³-hybridized carbons (Fsp3) is 0.550. The molecule has 1 unspecified atom stereocenters. The molecule has 2 heterocycles. The Kier molecular flexibility index (Phi) is 9.63. The summed E-state index contributed by atoms with van der Waals surface area (Å²) >= 11 is 0. The van der Waals surface area contributed by atoms with E-state index in [1.54, 1.807) is 38.7 Å². The highest BCUT2D eigenvalue weighted by atomic mass is 127. The third-order valence-corrected chi connectivity index (χ3v) is 5.16. The Hall–Kier alpha value is -2.08. The van der Waals surface area contributed by atoms with Crippen LogP contribution in [-0.4, -0.2) is 71.5 Å². The molecule has 0 saturated carbocycles. The normalized spacial score (nSPS) is 16.0. The summed E-state index contributed by atoms with van der Waals surface area (Å²) in [7, 11) is 3.19. The first-order valence-corrected chi connectivity index (χ1v) is 9.94. The number of H-pyrrole nitrogens is 1. The van der Waals surface area contributed by atoms with Crippen molar-refractivity contribution in [3.05, 3.63) is 35.9 Å². The van der Waals surface area contributed by atoms with E-state index in [9.17, 15) is 5.11 Å². The van der Waals surface area contributed by atoms with Gasteiger partial charge in [0.1, 0.15) is 29.8 Å². The van der Waals surface area contributed by atoms with Gasteiger partial charge < -0.3 is 24.8 Å². The van der Waals surface area contributed by atoms with Crippen LogP contribution in [0.4, 0.5) is 0 Å². The number of methoxy groups -OCH3 is 2.